The first kappa shape index (κ1) is 12.9. The Kier molecular flexibility index (Phi) is 8.51. The highest BCUT2D eigenvalue weighted by atomic mass is 35.5. The number of allylic oxidation sites excluding steroid dienone is 1. The number of halogens is 1. The lowest BCUT2D eigenvalue weighted by atomic mass is 10.3. The summed E-state index contributed by atoms with van der Waals surface area (Å²) >= 11 is 5.54. The average Bonchev–Trinajstić information content (AvgIpc) is 2.13. The van der Waals surface area contributed by atoms with Gasteiger partial charge in [-0.2, -0.15) is 0 Å². The summed E-state index contributed by atoms with van der Waals surface area (Å²) in [7, 11) is 1.74. The molecular formula is C10H20ClNO. The summed E-state index contributed by atoms with van der Waals surface area (Å²) in [5.41, 5.74) is 0. The number of hydrogen-bond donors (Lipinski definition) is 0. The maximum Gasteiger partial charge on any atom is 0.0615 e. The minimum absolute atomic E-state index is 0.468. The van der Waals surface area contributed by atoms with E-state index in [1.165, 1.54) is 0 Å². The molecule has 0 aliphatic rings. The topological polar surface area (TPSA) is 12.5 Å². The average molecular weight is 206 g/mol. The van der Waals surface area contributed by atoms with Gasteiger partial charge >= 0.3 is 0 Å². The fourth-order valence-electron chi connectivity index (χ4n) is 1.24. The first-order valence-electron chi connectivity index (χ1n) is 4.70. The van der Waals surface area contributed by atoms with Crippen LogP contribution in [0.5, 0.6) is 0 Å². The Bertz CT molecular complexity index is 139. The van der Waals surface area contributed by atoms with Gasteiger partial charge in [-0.1, -0.05) is 19.1 Å². The van der Waals surface area contributed by atoms with Crippen LogP contribution < -0.4 is 0 Å². The molecule has 13 heavy (non-hydrogen) atoms. The van der Waals surface area contributed by atoms with E-state index < -0.39 is 0 Å². The standard InChI is InChI=1S/C10H20ClNO/c1-4-12(8-6-5-7-11)10(2)9-13-3/h5-6,10H,4,7-9H2,1-3H3. The third-order valence-corrected chi connectivity index (χ3v) is 2.21. The number of likely N-dealkylation sites (N-methyl/N-ethyl adjacent to an activating group) is 1. The van der Waals surface area contributed by atoms with Gasteiger partial charge in [0.25, 0.3) is 0 Å². The smallest absolute Gasteiger partial charge is 0.0615 e. The van der Waals surface area contributed by atoms with Crippen molar-refractivity contribution in [2.24, 2.45) is 0 Å². The molecule has 1 unspecified atom stereocenters. The van der Waals surface area contributed by atoms with Crippen LogP contribution in [0.2, 0.25) is 0 Å². The zero-order chi connectivity index (χ0) is 10.1. The lowest BCUT2D eigenvalue weighted by Crippen LogP contribution is -2.36. The summed E-state index contributed by atoms with van der Waals surface area (Å²) in [6.07, 6.45) is 4.08. The molecule has 0 amide bonds. The molecule has 78 valence electrons. The van der Waals surface area contributed by atoms with Gasteiger partial charge in [-0.15, -0.1) is 11.6 Å². The van der Waals surface area contributed by atoms with Crippen LogP contribution in [-0.2, 0) is 4.74 Å². The maximum atomic E-state index is 5.54. The van der Waals surface area contributed by atoms with Crippen molar-refractivity contribution in [3.8, 4) is 0 Å². The van der Waals surface area contributed by atoms with Crippen molar-refractivity contribution in [1.82, 2.24) is 4.90 Å². The van der Waals surface area contributed by atoms with Gasteiger partial charge in [0, 0.05) is 25.6 Å². The van der Waals surface area contributed by atoms with Gasteiger partial charge in [0.15, 0.2) is 0 Å². The molecule has 0 aliphatic carbocycles. The lowest BCUT2D eigenvalue weighted by Gasteiger charge is -2.25. The van der Waals surface area contributed by atoms with Crippen LogP contribution in [0.3, 0.4) is 0 Å². The molecule has 0 aromatic rings. The van der Waals surface area contributed by atoms with Crippen molar-refractivity contribution in [2.45, 2.75) is 19.9 Å². The van der Waals surface area contributed by atoms with Crippen molar-refractivity contribution in [3.05, 3.63) is 12.2 Å². The van der Waals surface area contributed by atoms with Crippen LogP contribution in [0.1, 0.15) is 13.8 Å². The molecule has 0 saturated heterocycles. The van der Waals surface area contributed by atoms with Gasteiger partial charge in [-0.3, -0.25) is 4.90 Å². The Morgan fingerprint density at radius 1 is 1.46 bits per heavy atom. The quantitative estimate of drug-likeness (QED) is 0.467. The van der Waals surface area contributed by atoms with Crippen molar-refractivity contribution in [1.29, 1.82) is 0 Å². The number of methoxy groups -OCH3 is 1. The van der Waals surface area contributed by atoms with E-state index in [1.54, 1.807) is 7.11 Å². The van der Waals surface area contributed by atoms with Crippen molar-refractivity contribution < 1.29 is 4.74 Å². The van der Waals surface area contributed by atoms with Crippen molar-refractivity contribution in [2.75, 3.05) is 32.7 Å². The van der Waals surface area contributed by atoms with Crippen LogP contribution in [0, 0.1) is 0 Å². The molecule has 0 rings (SSSR count). The zero-order valence-corrected chi connectivity index (χ0v) is 9.55. The number of rotatable bonds is 7. The predicted octanol–water partition coefficient (Wildman–Crippen LogP) is 2.14. The molecule has 0 heterocycles. The van der Waals surface area contributed by atoms with Crippen molar-refractivity contribution in [3.63, 3.8) is 0 Å². The van der Waals surface area contributed by atoms with E-state index in [4.69, 9.17) is 16.3 Å². The summed E-state index contributed by atoms with van der Waals surface area (Å²) in [4.78, 5) is 2.34. The third kappa shape index (κ3) is 6.08. The highest BCUT2D eigenvalue weighted by Gasteiger charge is 2.08. The van der Waals surface area contributed by atoms with E-state index in [-0.39, 0.29) is 0 Å². The number of alkyl halides is 1. The highest BCUT2D eigenvalue weighted by Crippen LogP contribution is 1.99. The predicted molar refractivity (Wildman–Crippen MR) is 58.4 cm³/mol. The van der Waals surface area contributed by atoms with Gasteiger partial charge in [0.05, 0.1) is 6.61 Å². The van der Waals surface area contributed by atoms with Gasteiger partial charge in [-0.05, 0) is 13.5 Å². The molecule has 3 heteroatoms. The second-order valence-electron chi connectivity index (χ2n) is 3.02. The Labute approximate surface area is 86.5 Å². The fraction of sp³-hybridized carbons (Fsp3) is 0.800. The molecule has 0 spiro atoms. The normalized spacial score (nSPS) is 14.2. The minimum Gasteiger partial charge on any atom is -0.383 e. The number of nitrogens with zero attached hydrogens (tertiary/aromatic N) is 1. The third-order valence-electron chi connectivity index (χ3n) is 2.03. The summed E-state index contributed by atoms with van der Waals surface area (Å²) in [6, 6.07) is 0.468. The van der Waals surface area contributed by atoms with E-state index >= 15 is 0 Å². The molecular weight excluding hydrogens is 186 g/mol. The highest BCUT2D eigenvalue weighted by molar-refractivity contribution is 6.18. The minimum atomic E-state index is 0.468. The monoisotopic (exact) mass is 205 g/mol. The number of ether oxygens (including phenoxy) is 1. The number of hydrogen-bond acceptors (Lipinski definition) is 2. The van der Waals surface area contributed by atoms with Crippen molar-refractivity contribution >= 4 is 11.6 Å². The van der Waals surface area contributed by atoms with Crippen LogP contribution in [0.15, 0.2) is 12.2 Å². The Balaban J connectivity index is 3.79. The summed E-state index contributed by atoms with van der Waals surface area (Å²) < 4.78 is 5.10. The van der Waals surface area contributed by atoms with Crippen LogP contribution in [-0.4, -0.2) is 43.6 Å². The molecule has 0 aromatic heterocycles. The summed E-state index contributed by atoms with van der Waals surface area (Å²) in [5, 5.41) is 0. The molecule has 0 fully saturated rings. The second-order valence-corrected chi connectivity index (χ2v) is 3.33. The largest absolute Gasteiger partial charge is 0.383 e. The Morgan fingerprint density at radius 3 is 2.62 bits per heavy atom. The van der Waals surface area contributed by atoms with Crippen LogP contribution in [0.4, 0.5) is 0 Å². The second kappa shape index (κ2) is 8.54. The molecule has 0 saturated carbocycles. The maximum absolute atomic E-state index is 5.54. The first-order chi connectivity index (χ1) is 6.26. The lowest BCUT2D eigenvalue weighted by molar-refractivity contribution is 0.110. The van der Waals surface area contributed by atoms with E-state index in [9.17, 15) is 0 Å². The molecule has 0 aliphatic heterocycles. The van der Waals surface area contributed by atoms with Gasteiger partial charge in [0.1, 0.15) is 0 Å². The first-order valence-corrected chi connectivity index (χ1v) is 5.23. The van der Waals surface area contributed by atoms with Crippen LogP contribution in [0.25, 0.3) is 0 Å². The fourth-order valence-corrected chi connectivity index (χ4v) is 1.37. The molecule has 0 aromatic carbocycles. The van der Waals surface area contributed by atoms with E-state index in [0.717, 1.165) is 19.7 Å². The van der Waals surface area contributed by atoms with Crippen LogP contribution >= 0.6 is 11.6 Å². The van der Waals surface area contributed by atoms with E-state index in [0.29, 0.717) is 11.9 Å². The Hall–Kier alpha value is -0.0500. The van der Waals surface area contributed by atoms with Gasteiger partial charge in [-0.25, -0.2) is 0 Å². The molecule has 2 nitrogen and oxygen atoms in total. The Morgan fingerprint density at radius 2 is 2.15 bits per heavy atom. The summed E-state index contributed by atoms with van der Waals surface area (Å²) in [6.45, 7) is 7.09. The van der Waals surface area contributed by atoms with E-state index in [2.05, 4.69) is 24.8 Å². The molecule has 0 N–H and O–H groups in total. The molecule has 0 bridgehead atoms. The summed E-state index contributed by atoms with van der Waals surface area (Å²) in [5.74, 6) is 0.593. The SMILES string of the molecule is CCN(CC=CCCl)C(C)COC. The molecule has 0 radical (unpaired) electrons. The zero-order valence-electron chi connectivity index (χ0n) is 8.79. The van der Waals surface area contributed by atoms with E-state index in [1.807, 2.05) is 6.08 Å². The molecule has 1 atom stereocenters. The van der Waals surface area contributed by atoms with Gasteiger partial charge < -0.3 is 4.74 Å². The van der Waals surface area contributed by atoms with Gasteiger partial charge in [0.2, 0.25) is 0 Å².